The van der Waals surface area contributed by atoms with Gasteiger partial charge in [0.1, 0.15) is 6.10 Å². The van der Waals surface area contributed by atoms with Crippen molar-refractivity contribution in [1.29, 1.82) is 0 Å². The van der Waals surface area contributed by atoms with Crippen LogP contribution in [0.5, 0.6) is 0 Å². The number of nitrogens with zero attached hydrogens (tertiary/aromatic N) is 3. The lowest BCUT2D eigenvalue weighted by Gasteiger charge is -2.08. The summed E-state index contributed by atoms with van der Waals surface area (Å²) in [6.45, 7) is 7.24. The molecule has 1 heterocycles. The van der Waals surface area contributed by atoms with Gasteiger partial charge in [0.15, 0.2) is 5.82 Å². The van der Waals surface area contributed by atoms with E-state index < -0.39 is 6.10 Å². The number of aliphatic hydroxyl groups is 1. The molecule has 1 aromatic rings. The lowest BCUT2D eigenvalue weighted by atomic mass is 10.4. The van der Waals surface area contributed by atoms with Crippen LogP contribution in [0, 0.1) is 0 Å². The van der Waals surface area contributed by atoms with E-state index in [0.29, 0.717) is 5.82 Å². The Morgan fingerprint density at radius 1 is 1.46 bits per heavy atom. The zero-order valence-electron chi connectivity index (χ0n) is 8.28. The van der Waals surface area contributed by atoms with Crippen LogP contribution < -0.4 is 5.32 Å². The molecule has 0 aliphatic carbocycles. The van der Waals surface area contributed by atoms with Crippen molar-refractivity contribution in [3.63, 3.8) is 0 Å². The van der Waals surface area contributed by atoms with E-state index in [0.717, 1.165) is 19.0 Å². The maximum absolute atomic E-state index is 9.37. The van der Waals surface area contributed by atoms with E-state index in [1.165, 1.54) is 0 Å². The van der Waals surface area contributed by atoms with E-state index >= 15 is 0 Å². The van der Waals surface area contributed by atoms with Gasteiger partial charge in [-0.2, -0.15) is 0 Å². The predicted octanol–water partition coefficient (Wildman–Crippen LogP) is 0.783. The lowest BCUT2D eigenvalue weighted by Crippen LogP contribution is -2.10. The summed E-state index contributed by atoms with van der Waals surface area (Å²) >= 11 is 0. The summed E-state index contributed by atoms with van der Waals surface area (Å²) in [5, 5.41) is 20.3. The van der Waals surface area contributed by atoms with Gasteiger partial charge in [0.25, 0.3) is 0 Å². The van der Waals surface area contributed by atoms with Gasteiger partial charge in [-0.15, -0.1) is 10.2 Å². The Balaban J connectivity index is 2.96. The van der Waals surface area contributed by atoms with Crippen LogP contribution in [-0.4, -0.2) is 26.4 Å². The second-order valence-electron chi connectivity index (χ2n) is 2.83. The highest BCUT2D eigenvalue weighted by Gasteiger charge is 2.13. The van der Waals surface area contributed by atoms with Crippen LogP contribution >= 0.6 is 0 Å². The largest absolute Gasteiger partial charge is 0.385 e. The Hall–Kier alpha value is -1.10. The average Bonchev–Trinajstić information content (AvgIpc) is 2.48. The summed E-state index contributed by atoms with van der Waals surface area (Å²) in [6.07, 6.45) is -0.570. The summed E-state index contributed by atoms with van der Waals surface area (Å²) in [7, 11) is 0. The fourth-order valence-corrected chi connectivity index (χ4v) is 1.22. The van der Waals surface area contributed by atoms with Gasteiger partial charge in [0.2, 0.25) is 5.95 Å². The molecule has 13 heavy (non-hydrogen) atoms. The van der Waals surface area contributed by atoms with Gasteiger partial charge in [-0.1, -0.05) is 0 Å². The van der Waals surface area contributed by atoms with E-state index in [9.17, 15) is 5.11 Å². The second kappa shape index (κ2) is 4.23. The van der Waals surface area contributed by atoms with Gasteiger partial charge < -0.3 is 10.4 Å². The Morgan fingerprint density at radius 3 is 2.62 bits per heavy atom. The first-order valence-electron chi connectivity index (χ1n) is 4.55. The molecule has 1 rings (SSSR count). The second-order valence-corrected chi connectivity index (χ2v) is 2.83. The van der Waals surface area contributed by atoms with Crippen LogP contribution in [0.15, 0.2) is 0 Å². The molecule has 0 aromatic carbocycles. The Labute approximate surface area is 77.8 Å². The number of aliphatic hydroxyl groups excluding tert-OH is 1. The molecule has 0 radical (unpaired) electrons. The number of aromatic nitrogens is 3. The molecule has 2 N–H and O–H groups in total. The van der Waals surface area contributed by atoms with Crippen LogP contribution in [0.2, 0.25) is 0 Å². The molecule has 0 fully saturated rings. The van der Waals surface area contributed by atoms with Gasteiger partial charge in [-0.05, 0) is 20.8 Å². The molecule has 1 atom stereocenters. The molecule has 0 aliphatic heterocycles. The molecule has 0 amide bonds. The third-order valence-electron chi connectivity index (χ3n) is 1.80. The van der Waals surface area contributed by atoms with Crippen molar-refractivity contribution in [2.24, 2.45) is 0 Å². The minimum absolute atomic E-state index is 0.570. The van der Waals surface area contributed by atoms with E-state index in [4.69, 9.17) is 0 Å². The highest BCUT2D eigenvalue weighted by atomic mass is 16.3. The number of nitrogens with one attached hydrogen (secondary N) is 1. The first-order chi connectivity index (χ1) is 6.20. The van der Waals surface area contributed by atoms with Crippen molar-refractivity contribution in [2.75, 3.05) is 11.9 Å². The van der Waals surface area contributed by atoms with Crippen molar-refractivity contribution >= 4 is 5.95 Å². The minimum Gasteiger partial charge on any atom is -0.385 e. The smallest absolute Gasteiger partial charge is 0.224 e. The normalized spacial score (nSPS) is 12.9. The number of hydrogen-bond acceptors (Lipinski definition) is 4. The van der Waals surface area contributed by atoms with Crippen molar-refractivity contribution in [1.82, 2.24) is 14.8 Å². The molecule has 0 spiro atoms. The summed E-state index contributed by atoms with van der Waals surface area (Å²) in [5.41, 5.74) is 0. The zero-order valence-corrected chi connectivity index (χ0v) is 8.28. The number of rotatable bonds is 4. The molecule has 0 bridgehead atoms. The van der Waals surface area contributed by atoms with Crippen LogP contribution in [-0.2, 0) is 6.54 Å². The molecule has 74 valence electrons. The highest BCUT2D eigenvalue weighted by molar-refractivity contribution is 5.25. The quantitative estimate of drug-likeness (QED) is 0.726. The first kappa shape index (κ1) is 9.98. The van der Waals surface area contributed by atoms with Crippen LogP contribution in [0.3, 0.4) is 0 Å². The van der Waals surface area contributed by atoms with Crippen LogP contribution in [0.25, 0.3) is 0 Å². The predicted molar refractivity (Wildman–Crippen MR) is 50.5 cm³/mol. The molecule has 0 saturated heterocycles. The van der Waals surface area contributed by atoms with Crippen LogP contribution in [0.1, 0.15) is 32.7 Å². The average molecular weight is 184 g/mol. The molecule has 0 aliphatic rings. The Kier molecular flexibility index (Phi) is 3.25. The minimum atomic E-state index is -0.570. The maximum Gasteiger partial charge on any atom is 0.224 e. The molecule has 1 aromatic heterocycles. The Morgan fingerprint density at radius 2 is 2.15 bits per heavy atom. The first-order valence-corrected chi connectivity index (χ1v) is 4.55. The van der Waals surface area contributed by atoms with Crippen LogP contribution in [0.4, 0.5) is 5.95 Å². The monoisotopic (exact) mass is 184 g/mol. The van der Waals surface area contributed by atoms with E-state index in [1.807, 2.05) is 18.4 Å². The maximum atomic E-state index is 9.37. The molecule has 0 saturated carbocycles. The van der Waals surface area contributed by atoms with Gasteiger partial charge in [-0.3, -0.25) is 4.57 Å². The van der Waals surface area contributed by atoms with Crippen molar-refractivity contribution in [3.05, 3.63) is 5.82 Å². The standard InChI is InChI=1S/C8H16N4O/c1-4-9-8-11-10-7(6(3)13)12(8)5-2/h6,13H,4-5H2,1-3H3,(H,9,11). The van der Waals surface area contributed by atoms with E-state index in [1.54, 1.807) is 6.92 Å². The number of hydrogen-bond donors (Lipinski definition) is 2. The lowest BCUT2D eigenvalue weighted by molar-refractivity contribution is 0.184. The summed E-state index contributed by atoms with van der Waals surface area (Å²) in [6, 6.07) is 0. The highest BCUT2D eigenvalue weighted by Crippen LogP contribution is 2.13. The fraction of sp³-hybridized carbons (Fsp3) is 0.750. The number of anilines is 1. The van der Waals surface area contributed by atoms with Crippen molar-refractivity contribution < 1.29 is 5.11 Å². The van der Waals surface area contributed by atoms with Gasteiger partial charge in [0.05, 0.1) is 0 Å². The van der Waals surface area contributed by atoms with E-state index in [2.05, 4.69) is 15.5 Å². The topological polar surface area (TPSA) is 63.0 Å². The molecular formula is C8H16N4O. The SMILES string of the molecule is CCNc1nnc(C(C)O)n1CC. The fourth-order valence-electron chi connectivity index (χ4n) is 1.22. The van der Waals surface area contributed by atoms with E-state index in [-0.39, 0.29) is 0 Å². The van der Waals surface area contributed by atoms with Crippen molar-refractivity contribution in [2.45, 2.75) is 33.4 Å². The van der Waals surface area contributed by atoms with Gasteiger partial charge in [-0.25, -0.2) is 0 Å². The molecule has 1 unspecified atom stereocenters. The third kappa shape index (κ3) is 1.98. The molecular weight excluding hydrogens is 168 g/mol. The Bertz CT molecular complexity index is 269. The summed E-state index contributed by atoms with van der Waals surface area (Å²) in [4.78, 5) is 0. The summed E-state index contributed by atoms with van der Waals surface area (Å²) < 4.78 is 1.87. The zero-order chi connectivity index (χ0) is 9.84. The van der Waals surface area contributed by atoms with Gasteiger partial charge >= 0.3 is 0 Å². The third-order valence-corrected chi connectivity index (χ3v) is 1.80. The molecule has 5 nitrogen and oxygen atoms in total. The van der Waals surface area contributed by atoms with Crippen molar-refractivity contribution in [3.8, 4) is 0 Å². The molecule has 5 heteroatoms. The van der Waals surface area contributed by atoms with Gasteiger partial charge in [0, 0.05) is 13.1 Å². The summed E-state index contributed by atoms with van der Waals surface area (Å²) in [5.74, 6) is 1.33.